The summed E-state index contributed by atoms with van der Waals surface area (Å²) in [5.74, 6) is -0.665. The van der Waals surface area contributed by atoms with E-state index in [4.69, 9.17) is 23.7 Å². The van der Waals surface area contributed by atoms with Gasteiger partial charge in [0.1, 0.15) is 18.0 Å². The molecule has 11 nitrogen and oxygen atoms in total. The predicted molar refractivity (Wildman–Crippen MR) is 163 cm³/mol. The second kappa shape index (κ2) is 13.0. The molecule has 11 heteroatoms. The van der Waals surface area contributed by atoms with Gasteiger partial charge in [-0.1, -0.05) is 18.2 Å². The standard InChI is InChI=1S/C34H46N2O9/c1-6-43-28(38)20-34-26-14-17-35(31(40)45-32(2,3)4)30(34)33(15-13-27(37)44-22-33)19-25(26)29(39)36(34)16-7-8-18-42-21-23-9-11-24(41-5)12-10-23/h9-13,15,25-26,30H,6-8,14,16-22H2,1-5H3/t25-,26-,30+,33+,34+/m1/s1. The number of amides is 2. The number of ether oxygens (including phenoxy) is 5. The second-order valence-corrected chi connectivity index (χ2v) is 13.5. The highest BCUT2D eigenvalue weighted by molar-refractivity contribution is 5.88. The van der Waals surface area contributed by atoms with Gasteiger partial charge in [-0.2, -0.15) is 0 Å². The third-order valence-electron chi connectivity index (χ3n) is 9.57. The van der Waals surface area contributed by atoms with Gasteiger partial charge in [0.2, 0.25) is 5.91 Å². The Hall–Kier alpha value is -3.60. The molecule has 1 spiro atoms. The number of cyclic esters (lactones) is 1. The van der Waals surface area contributed by atoms with E-state index in [1.165, 1.54) is 6.08 Å². The smallest absolute Gasteiger partial charge is 0.410 e. The molecule has 2 saturated heterocycles. The van der Waals surface area contributed by atoms with Crippen LogP contribution in [0.5, 0.6) is 5.75 Å². The molecule has 3 aliphatic heterocycles. The Labute approximate surface area is 265 Å². The Kier molecular flexibility index (Phi) is 9.49. The monoisotopic (exact) mass is 626 g/mol. The van der Waals surface area contributed by atoms with Crippen LogP contribution in [0.3, 0.4) is 0 Å². The van der Waals surface area contributed by atoms with Crippen LogP contribution < -0.4 is 4.74 Å². The van der Waals surface area contributed by atoms with Gasteiger partial charge in [0.15, 0.2) is 0 Å². The fourth-order valence-corrected chi connectivity index (χ4v) is 7.98. The van der Waals surface area contributed by atoms with Crippen molar-refractivity contribution < 1.29 is 42.9 Å². The van der Waals surface area contributed by atoms with Crippen LogP contribution in [0.4, 0.5) is 4.79 Å². The van der Waals surface area contributed by atoms with Gasteiger partial charge >= 0.3 is 18.0 Å². The summed E-state index contributed by atoms with van der Waals surface area (Å²) in [5.41, 5.74) is -1.61. The molecule has 0 unspecified atom stereocenters. The van der Waals surface area contributed by atoms with E-state index in [1.54, 1.807) is 25.0 Å². The maximum atomic E-state index is 14.3. The first-order valence-corrected chi connectivity index (χ1v) is 16.0. The number of methoxy groups -OCH3 is 1. The number of hydrogen-bond acceptors (Lipinski definition) is 9. The molecule has 2 amide bonds. The van der Waals surface area contributed by atoms with Gasteiger partial charge < -0.3 is 33.5 Å². The summed E-state index contributed by atoms with van der Waals surface area (Å²) < 4.78 is 28.1. The number of fused-ring (bicyclic) bond motifs is 1. The molecule has 5 rings (SSSR count). The number of piperidine rings is 1. The normalized spacial score (nSPS) is 28.7. The van der Waals surface area contributed by atoms with E-state index in [0.29, 0.717) is 52.0 Å². The van der Waals surface area contributed by atoms with Crippen molar-refractivity contribution in [1.82, 2.24) is 9.80 Å². The highest BCUT2D eigenvalue weighted by Gasteiger charge is 2.74. The highest BCUT2D eigenvalue weighted by atomic mass is 16.6. The van der Waals surface area contributed by atoms with E-state index >= 15 is 0 Å². The summed E-state index contributed by atoms with van der Waals surface area (Å²) in [6, 6.07) is 7.06. The molecule has 4 aliphatic rings. The van der Waals surface area contributed by atoms with Crippen molar-refractivity contribution in [2.45, 2.75) is 83.6 Å². The number of carbonyl (C=O) groups excluding carboxylic acids is 4. The topological polar surface area (TPSA) is 121 Å². The Morgan fingerprint density at radius 1 is 1.11 bits per heavy atom. The molecule has 1 aromatic carbocycles. The maximum absolute atomic E-state index is 14.3. The van der Waals surface area contributed by atoms with Gasteiger partial charge in [-0.25, -0.2) is 9.59 Å². The van der Waals surface area contributed by atoms with E-state index in [1.807, 2.05) is 49.9 Å². The molecule has 1 saturated carbocycles. The minimum absolute atomic E-state index is 0.0143. The molecule has 0 radical (unpaired) electrons. The summed E-state index contributed by atoms with van der Waals surface area (Å²) in [4.78, 5) is 57.2. The Bertz CT molecular complexity index is 1310. The van der Waals surface area contributed by atoms with Crippen LogP contribution in [0.25, 0.3) is 0 Å². The molecule has 246 valence electrons. The number of rotatable bonds is 11. The van der Waals surface area contributed by atoms with Crippen molar-refractivity contribution in [3.05, 3.63) is 42.0 Å². The largest absolute Gasteiger partial charge is 0.497 e. The van der Waals surface area contributed by atoms with Crippen molar-refractivity contribution in [3.63, 3.8) is 0 Å². The van der Waals surface area contributed by atoms with Crippen molar-refractivity contribution in [1.29, 1.82) is 0 Å². The lowest BCUT2D eigenvalue weighted by Gasteiger charge is -2.62. The zero-order valence-electron chi connectivity index (χ0n) is 27.0. The number of likely N-dealkylation sites (tertiary alicyclic amines) is 2. The zero-order valence-corrected chi connectivity index (χ0v) is 27.0. The molecule has 1 aliphatic carbocycles. The lowest BCUT2D eigenvalue weighted by molar-refractivity contribution is -0.169. The summed E-state index contributed by atoms with van der Waals surface area (Å²) in [5, 5.41) is 0. The maximum Gasteiger partial charge on any atom is 0.410 e. The molecular weight excluding hydrogens is 580 g/mol. The summed E-state index contributed by atoms with van der Waals surface area (Å²) in [6.45, 7) is 9.12. The van der Waals surface area contributed by atoms with Crippen molar-refractivity contribution in [3.8, 4) is 5.75 Å². The van der Waals surface area contributed by atoms with Gasteiger partial charge in [-0.3, -0.25) is 9.59 Å². The third kappa shape index (κ3) is 6.41. The van der Waals surface area contributed by atoms with Gasteiger partial charge in [0, 0.05) is 37.1 Å². The van der Waals surface area contributed by atoms with Gasteiger partial charge in [-0.05, 0) is 77.0 Å². The number of hydrogen-bond donors (Lipinski definition) is 0. The summed E-state index contributed by atoms with van der Waals surface area (Å²) >= 11 is 0. The second-order valence-electron chi connectivity index (χ2n) is 13.5. The molecule has 3 heterocycles. The van der Waals surface area contributed by atoms with Gasteiger partial charge in [0.25, 0.3) is 0 Å². The van der Waals surface area contributed by atoms with Gasteiger partial charge in [0.05, 0.1) is 38.3 Å². The number of nitrogens with zero attached hydrogens (tertiary/aromatic N) is 2. The number of esters is 2. The van der Waals surface area contributed by atoms with Crippen LogP contribution in [-0.4, -0.2) is 90.9 Å². The quantitative estimate of drug-likeness (QED) is 0.201. The van der Waals surface area contributed by atoms with E-state index in [2.05, 4.69) is 0 Å². The summed E-state index contributed by atoms with van der Waals surface area (Å²) in [6.07, 6.45) is 4.93. The number of unbranched alkanes of at least 4 members (excludes halogenated alkanes) is 1. The molecule has 0 N–H and O–H groups in total. The summed E-state index contributed by atoms with van der Waals surface area (Å²) in [7, 11) is 1.63. The van der Waals surface area contributed by atoms with Crippen molar-refractivity contribution in [2.24, 2.45) is 17.3 Å². The first-order chi connectivity index (χ1) is 21.4. The van der Waals surface area contributed by atoms with Crippen molar-refractivity contribution in [2.75, 3.05) is 40.0 Å². The Balaban J connectivity index is 1.42. The highest BCUT2D eigenvalue weighted by Crippen LogP contribution is 2.63. The predicted octanol–water partition coefficient (Wildman–Crippen LogP) is 4.27. The van der Waals surface area contributed by atoms with Crippen LogP contribution in [0, 0.1) is 17.3 Å². The minimum atomic E-state index is -1.04. The Morgan fingerprint density at radius 3 is 2.51 bits per heavy atom. The Morgan fingerprint density at radius 2 is 1.87 bits per heavy atom. The lowest BCUT2D eigenvalue weighted by atomic mass is 9.52. The molecule has 1 aromatic rings. The first-order valence-electron chi connectivity index (χ1n) is 16.0. The van der Waals surface area contributed by atoms with E-state index < -0.39 is 40.6 Å². The van der Waals surface area contributed by atoms with Crippen LogP contribution in [-0.2, 0) is 39.9 Å². The van der Waals surface area contributed by atoms with Crippen LogP contribution in [0.15, 0.2) is 36.4 Å². The number of benzene rings is 1. The zero-order chi connectivity index (χ0) is 32.4. The average Bonchev–Trinajstić information content (AvgIpc) is 3.15. The van der Waals surface area contributed by atoms with E-state index in [-0.39, 0.29) is 37.4 Å². The minimum Gasteiger partial charge on any atom is -0.497 e. The van der Waals surface area contributed by atoms with Crippen LogP contribution in [0.1, 0.15) is 65.4 Å². The molecule has 3 fully saturated rings. The van der Waals surface area contributed by atoms with E-state index in [0.717, 1.165) is 11.3 Å². The van der Waals surface area contributed by atoms with Gasteiger partial charge in [-0.15, -0.1) is 0 Å². The fourth-order valence-electron chi connectivity index (χ4n) is 7.98. The van der Waals surface area contributed by atoms with Crippen molar-refractivity contribution >= 4 is 23.9 Å². The fraction of sp³-hybridized carbons (Fsp3) is 0.647. The lowest BCUT2D eigenvalue weighted by Crippen LogP contribution is -2.75. The average molecular weight is 627 g/mol. The third-order valence-corrected chi connectivity index (χ3v) is 9.57. The molecule has 0 aromatic heterocycles. The molecule has 4 bridgehead atoms. The number of carbonyl (C=O) groups is 4. The molecular formula is C34H46N2O9. The SMILES string of the molecule is CCOC(=O)C[C@]12[C@@H]3CCN(C(=O)OC(C)(C)C)[C@H]1[C@@]1(C=CC(=O)OC1)C[C@H]3C(=O)N2CCCCOCc1ccc(OC)cc1. The molecule has 45 heavy (non-hydrogen) atoms. The van der Waals surface area contributed by atoms with Crippen LogP contribution in [0.2, 0.25) is 0 Å². The van der Waals surface area contributed by atoms with Crippen LogP contribution >= 0.6 is 0 Å². The first kappa shape index (κ1) is 32.8. The van der Waals surface area contributed by atoms with E-state index in [9.17, 15) is 19.2 Å². The molecule has 5 atom stereocenters.